The van der Waals surface area contributed by atoms with Gasteiger partial charge in [0.1, 0.15) is 5.25 Å². The summed E-state index contributed by atoms with van der Waals surface area (Å²) >= 11 is -0.435. The Bertz CT molecular complexity index is 491. The molecule has 0 heterocycles. The Morgan fingerprint density at radius 2 is 1.86 bits per heavy atom. The van der Waals surface area contributed by atoms with E-state index in [2.05, 4.69) is 0 Å². The number of hydrogen-bond acceptors (Lipinski definition) is 5. The van der Waals surface area contributed by atoms with Gasteiger partial charge in [0.25, 0.3) is 0 Å². The van der Waals surface area contributed by atoms with E-state index in [0.29, 0.717) is 5.75 Å². The molecular weight excluding hydrogens is 309 g/mol. The van der Waals surface area contributed by atoms with Gasteiger partial charge in [0.15, 0.2) is 11.5 Å². The van der Waals surface area contributed by atoms with E-state index in [0.717, 1.165) is 0 Å². The van der Waals surface area contributed by atoms with Crippen molar-refractivity contribution in [2.24, 2.45) is 0 Å². The third kappa shape index (κ3) is 5.04. The molecule has 0 fully saturated rings. The molecule has 1 unspecified atom stereocenters. The minimum absolute atomic E-state index is 0.00103. The number of benzene rings is 1. The lowest BCUT2D eigenvalue weighted by atomic mass is 10.1. The fourth-order valence-electron chi connectivity index (χ4n) is 1.62. The number of thioether (sulfide) groups is 1. The van der Waals surface area contributed by atoms with Gasteiger partial charge in [-0.3, -0.25) is 4.79 Å². The monoisotopic (exact) mass is 324 g/mol. The Morgan fingerprint density at radius 3 is 2.33 bits per heavy atom. The van der Waals surface area contributed by atoms with Gasteiger partial charge in [-0.25, -0.2) is 0 Å². The first-order valence-electron chi connectivity index (χ1n) is 5.95. The van der Waals surface area contributed by atoms with Gasteiger partial charge < -0.3 is 14.2 Å². The van der Waals surface area contributed by atoms with Gasteiger partial charge in [0.05, 0.1) is 20.8 Å². The van der Waals surface area contributed by atoms with Gasteiger partial charge in [0, 0.05) is 0 Å². The first kappa shape index (κ1) is 17.5. The summed E-state index contributed by atoms with van der Waals surface area (Å²) in [4.78, 5) is 11.8. The van der Waals surface area contributed by atoms with Crippen LogP contribution in [0, 0.1) is 0 Å². The molecule has 0 amide bonds. The Morgan fingerprint density at radius 1 is 1.24 bits per heavy atom. The second kappa shape index (κ2) is 7.44. The first-order valence-corrected chi connectivity index (χ1v) is 6.83. The van der Waals surface area contributed by atoms with Crippen molar-refractivity contribution in [3.63, 3.8) is 0 Å². The maximum Gasteiger partial charge on any atom is 0.442 e. The molecule has 0 aliphatic carbocycles. The quantitative estimate of drug-likeness (QED) is 0.749. The summed E-state index contributed by atoms with van der Waals surface area (Å²) in [6, 6.07) is 4.15. The van der Waals surface area contributed by atoms with Crippen LogP contribution in [0.3, 0.4) is 0 Å². The largest absolute Gasteiger partial charge is 0.493 e. The van der Waals surface area contributed by atoms with Gasteiger partial charge >= 0.3 is 11.5 Å². The third-order valence-corrected chi connectivity index (χ3v) is 3.43. The molecular formula is C13H15F3O4S. The number of hydrogen-bond donors (Lipinski definition) is 0. The van der Waals surface area contributed by atoms with Crippen molar-refractivity contribution < 1.29 is 32.2 Å². The van der Waals surface area contributed by atoms with Gasteiger partial charge in [-0.1, -0.05) is 6.07 Å². The zero-order valence-electron chi connectivity index (χ0n) is 11.7. The molecule has 0 spiro atoms. The van der Waals surface area contributed by atoms with Crippen LogP contribution in [0.1, 0.15) is 17.7 Å². The maximum absolute atomic E-state index is 12.6. The Balaban J connectivity index is 3.16. The highest BCUT2D eigenvalue weighted by Crippen LogP contribution is 2.44. The standard InChI is InChI=1S/C13H15F3O4S/c1-4-20-12(17)11(21-13(14,15)16)8-5-6-9(18-2)10(7-8)19-3/h5-7,11H,4H2,1-3H3. The van der Waals surface area contributed by atoms with Crippen LogP contribution in [0.15, 0.2) is 18.2 Å². The number of methoxy groups -OCH3 is 2. The molecule has 1 aromatic carbocycles. The molecule has 0 aliphatic heterocycles. The van der Waals surface area contributed by atoms with Crippen molar-refractivity contribution >= 4 is 17.7 Å². The van der Waals surface area contributed by atoms with Crippen LogP contribution in [0.4, 0.5) is 13.2 Å². The van der Waals surface area contributed by atoms with E-state index in [1.807, 2.05) is 0 Å². The molecule has 0 aliphatic rings. The lowest BCUT2D eigenvalue weighted by Gasteiger charge is -2.18. The van der Waals surface area contributed by atoms with E-state index >= 15 is 0 Å². The predicted octanol–water partition coefficient (Wildman–Crippen LogP) is 3.56. The molecule has 0 saturated heterocycles. The van der Waals surface area contributed by atoms with Crippen molar-refractivity contribution in [1.82, 2.24) is 0 Å². The molecule has 0 saturated carbocycles. The van der Waals surface area contributed by atoms with Crippen molar-refractivity contribution in [1.29, 1.82) is 0 Å². The number of carbonyl (C=O) groups excluding carboxylic acids is 1. The van der Waals surface area contributed by atoms with E-state index in [1.165, 1.54) is 39.3 Å². The van der Waals surface area contributed by atoms with E-state index in [1.54, 1.807) is 0 Å². The number of alkyl halides is 3. The topological polar surface area (TPSA) is 44.8 Å². The molecule has 21 heavy (non-hydrogen) atoms. The smallest absolute Gasteiger partial charge is 0.442 e. The number of esters is 1. The number of halogens is 3. The normalized spacial score (nSPS) is 12.7. The SMILES string of the molecule is CCOC(=O)C(SC(F)(F)F)c1ccc(OC)c(OC)c1. The fourth-order valence-corrected chi connectivity index (χ4v) is 2.33. The molecule has 1 atom stereocenters. The van der Waals surface area contributed by atoms with Crippen molar-refractivity contribution in [2.45, 2.75) is 17.7 Å². The van der Waals surface area contributed by atoms with Gasteiger partial charge in [-0.05, 0) is 36.4 Å². The molecule has 8 heteroatoms. The zero-order chi connectivity index (χ0) is 16.0. The van der Waals surface area contributed by atoms with E-state index in [4.69, 9.17) is 14.2 Å². The molecule has 118 valence electrons. The molecule has 4 nitrogen and oxygen atoms in total. The highest BCUT2D eigenvalue weighted by atomic mass is 32.2. The van der Waals surface area contributed by atoms with Gasteiger partial charge in [-0.15, -0.1) is 0 Å². The zero-order valence-corrected chi connectivity index (χ0v) is 12.5. The summed E-state index contributed by atoms with van der Waals surface area (Å²) in [5, 5.41) is -1.51. The average Bonchev–Trinajstić information content (AvgIpc) is 2.43. The average molecular weight is 324 g/mol. The minimum atomic E-state index is -4.56. The summed E-state index contributed by atoms with van der Waals surface area (Å²) in [5.74, 6) is -0.347. The lowest BCUT2D eigenvalue weighted by Crippen LogP contribution is -2.17. The van der Waals surface area contributed by atoms with Crippen LogP contribution in [-0.4, -0.2) is 32.3 Å². The third-order valence-electron chi connectivity index (χ3n) is 2.46. The molecule has 1 rings (SSSR count). The second-order valence-corrected chi connectivity index (χ2v) is 4.98. The van der Waals surface area contributed by atoms with E-state index in [-0.39, 0.29) is 17.9 Å². The van der Waals surface area contributed by atoms with Crippen LogP contribution in [0.5, 0.6) is 11.5 Å². The van der Waals surface area contributed by atoms with Crippen LogP contribution in [0.25, 0.3) is 0 Å². The van der Waals surface area contributed by atoms with Gasteiger partial charge in [0.2, 0.25) is 0 Å². The van der Waals surface area contributed by atoms with Gasteiger partial charge in [-0.2, -0.15) is 13.2 Å². The summed E-state index contributed by atoms with van der Waals surface area (Å²) < 4.78 is 52.6. The molecule has 0 radical (unpaired) electrons. The van der Waals surface area contributed by atoms with Crippen molar-refractivity contribution in [2.75, 3.05) is 20.8 Å². The van der Waals surface area contributed by atoms with E-state index in [9.17, 15) is 18.0 Å². The summed E-state index contributed by atoms with van der Waals surface area (Å²) in [7, 11) is 2.77. The Labute approximate surface area is 124 Å². The number of rotatable bonds is 6. The van der Waals surface area contributed by atoms with Crippen LogP contribution >= 0.6 is 11.8 Å². The summed E-state index contributed by atoms with van der Waals surface area (Å²) in [6.45, 7) is 1.53. The van der Waals surface area contributed by atoms with Crippen LogP contribution in [-0.2, 0) is 9.53 Å². The molecule has 0 bridgehead atoms. The highest BCUT2D eigenvalue weighted by molar-refractivity contribution is 8.01. The van der Waals surface area contributed by atoms with Crippen molar-refractivity contribution in [3.8, 4) is 11.5 Å². The molecule has 1 aromatic rings. The maximum atomic E-state index is 12.6. The lowest BCUT2D eigenvalue weighted by molar-refractivity contribution is -0.142. The fraction of sp³-hybridized carbons (Fsp3) is 0.462. The number of ether oxygens (including phenoxy) is 3. The van der Waals surface area contributed by atoms with Crippen LogP contribution in [0.2, 0.25) is 0 Å². The Hall–Kier alpha value is -1.57. The summed E-state index contributed by atoms with van der Waals surface area (Å²) in [5.41, 5.74) is -4.43. The number of carbonyl (C=O) groups is 1. The highest BCUT2D eigenvalue weighted by Gasteiger charge is 2.38. The minimum Gasteiger partial charge on any atom is -0.493 e. The van der Waals surface area contributed by atoms with E-state index < -0.39 is 28.5 Å². The first-order chi connectivity index (χ1) is 9.82. The van der Waals surface area contributed by atoms with Crippen LogP contribution < -0.4 is 9.47 Å². The second-order valence-electron chi connectivity index (χ2n) is 3.81. The Kier molecular flexibility index (Phi) is 6.19. The predicted molar refractivity (Wildman–Crippen MR) is 72.6 cm³/mol. The summed E-state index contributed by atoms with van der Waals surface area (Å²) in [6.07, 6.45) is 0. The van der Waals surface area contributed by atoms with Crippen molar-refractivity contribution in [3.05, 3.63) is 23.8 Å². The molecule has 0 aromatic heterocycles. The molecule has 0 N–H and O–H groups in total.